The van der Waals surface area contributed by atoms with Crippen LogP contribution in [-0.2, 0) is 19.7 Å². The highest BCUT2D eigenvalue weighted by Gasteiger charge is 2.14. The Morgan fingerprint density at radius 1 is 1.28 bits per heavy atom. The maximum absolute atomic E-state index is 6.23. The van der Waals surface area contributed by atoms with E-state index in [-0.39, 0.29) is 0 Å². The zero-order chi connectivity index (χ0) is 20.6. The molecule has 2 aromatic carbocycles. The number of tetrazole rings is 1. The third-order valence-electron chi connectivity index (χ3n) is 3.98. The van der Waals surface area contributed by atoms with E-state index in [2.05, 4.69) is 43.4 Å². The molecule has 0 saturated carbocycles. The van der Waals surface area contributed by atoms with E-state index in [1.54, 1.807) is 10.8 Å². The number of hydrogen-bond acceptors (Lipinski definition) is 6. The van der Waals surface area contributed by atoms with Crippen LogP contribution in [0.2, 0.25) is 5.02 Å². The predicted molar refractivity (Wildman–Crippen MR) is 116 cm³/mol. The third kappa shape index (κ3) is 5.48. The Balaban J connectivity index is 1.76. The van der Waals surface area contributed by atoms with Gasteiger partial charge in [-0.15, -0.1) is 6.58 Å². The summed E-state index contributed by atoms with van der Waals surface area (Å²) in [6.45, 7) is 7.53. The van der Waals surface area contributed by atoms with Crippen molar-refractivity contribution in [1.82, 2.24) is 20.2 Å². The SMILES string of the molecule is C=CCn1nnnc1NCc1cc(Br)c(OCc2ccccc2Cl)c(OCC)c1. The smallest absolute Gasteiger partial charge is 0.243 e. The largest absolute Gasteiger partial charge is 0.490 e. The molecule has 0 saturated heterocycles. The summed E-state index contributed by atoms with van der Waals surface area (Å²) in [7, 11) is 0. The van der Waals surface area contributed by atoms with Crippen LogP contribution in [0, 0.1) is 0 Å². The molecule has 1 heterocycles. The first kappa shape index (κ1) is 21.1. The van der Waals surface area contributed by atoms with Gasteiger partial charge in [0.25, 0.3) is 0 Å². The lowest BCUT2D eigenvalue weighted by Crippen LogP contribution is -2.09. The molecule has 1 N–H and O–H groups in total. The van der Waals surface area contributed by atoms with Crippen molar-refractivity contribution in [2.24, 2.45) is 0 Å². The molecule has 0 aliphatic carbocycles. The third-order valence-corrected chi connectivity index (χ3v) is 4.94. The fourth-order valence-electron chi connectivity index (χ4n) is 2.65. The Hall–Kier alpha value is -2.58. The van der Waals surface area contributed by atoms with Crippen molar-refractivity contribution in [2.75, 3.05) is 11.9 Å². The summed E-state index contributed by atoms with van der Waals surface area (Å²) in [5.41, 5.74) is 1.89. The summed E-state index contributed by atoms with van der Waals surface area (Å²) in [6, 6.07) is 11.5. The maximum Gasteiger partial charge on any atom is 0.243 e. The first-order chi connectivity index (χ1) is 14.1. The molecular weight excluding hydrogens is 458 g/mol. The molecule has 1 aromatic heterocycles. The van der Waals surface area contributed by atoms with Crippen LogP contribution in [0.1, 0.15) is 18.1 Å². The second kappa shape index (κ2) is 10.3. The lowest BCUT2D eigenvalue weighted by atomic mass is 10.2. The molecule has 0 unspecified atom stereocenters. The number of aromatic nitrogens is 4. The number of benzene rings is 2. The lowest BCUT2D eigenvalue weighted by Gasteiger charge is -2.16. The first-order valence-electron chi connectivity index (χ1n) is 9.04. The number of allylic oxidation sites excluding steroid dienone is 1. The minimum Gasteiger partial charge on any atom is -0.490 e. The molecule has 9 heteroatoms. The van der Waals surface area contributed by atoms with E-state index in [9.17, 15) is 0 Å². The van der Waals surface area contributed by atoms with Crippen LogP contribution in [0.25, 0.3) is 0 Å². The van der Waals surface area contributed by atoms with Crippen LogP contribution in [0.5, 0.6) is 11.5 Å². The van der Waals surface area contributed by atoms with Crippen molar-refractivity contribution in [1.29, 1.82) is 0 Å². The lowest BCUT2D eigenvalue weighted by molar-refractivity contribution is 0.267. The monoisotopic (exact) mass is 477 g/mol. The summed E-state index contributed by atoms with van der Waals surface area (Å²) >= 11 is 9.82. The van der Waals surface area contributed by atoms with Gasteiger partial charge < -0.3 is 14.8 Å². The van der Waals surface area contributed by atoms with Gasteiger partial charge in [-0.3, -0.25) is 0 Å². The minimum absolute atomic E-state index is 0.340. The van der Waals surface area contributed by atoms with Gasteiger partial charge in [-0.2, -0.15) is 0 Å². The molecule has 0 atom stereocenters. The van der Waals surface area contributed by atoms with Gasteiger partial charge in [0.1, 0.15) is 6.61 Å². The Bertz CT molecular complexity index is 979. The van der Waals surface area contributed by atoms with Crippen LogP contribution >= 0.6 is 27.5 Å². The molecule has 0 fully saturated rings. The normalized spacial score (nSPS) is 10.6. The molecule has 0 aliphatic heterocycles. The van der Waals surface area contributed by atoms with Gasteiger partial charge in [-0.25, -0.2) is 4.68 Å². The van der Waals surface area contributed by atoms with Gasteiger partial charge >= 0.3 is 0 Å². The fraction of sp³-hybridized carbons (Fsp3) is 0.250. The van der Waals surface area contributed by atoms with Gasteiger partial charge in [0.2, 0.25) is 5.95 Å². The molecule has 0 radical (unpaired) electrons. The number of halogens is 2. The van der Waals surface area contributed by atoms with Gasteiger partial charge in [-0.1, -0.05) is 41.0 Å². The molecule has 7 nitrogen and oxygen atoms in total. The minimum atomic E-state index is 0.340. The first-order valence-corrected chi connectivity index (χ1v) is 10.2. The van der Waals surface area contributed by atoms with Crippen molar-refractivity contribution in [3.05, 3.63) is 69.7 Å². The Morgan fingerprint density at radius 3 is 2.86 bits per heavy atom. The van der Waals surface area contributed by atoms with E-state index in [4.69, 9.17) is 21.1 Å². The van der Waals surface area contributed by atoms with Gasteiger partial charge in [0.05, 0.1) is 17.6 Å². The van der Waals surface area contributed by atoms with Crippen molar-refractivity contribution < 1.29 is 9.47 Å². The second-order valence-electron chi connectivity index (χ2n) is 6.04. The van der Waals surface area contributed by atoms with E-state index in [0.717, 1.165) is 15.6 Å². The highest BCUT2D eigenvalue weighted by Crippen LogP contribution is 2.38. The van der Waals surface area contributed by atoms with Crippen LogP contribution in [-0.4, -0.2) is 26.8 Å². The summed E-state index contributed by atoms with van der Waals surface area (Å²) in [5, 5.41) is 15.5. The molecular formula is C20H21BrClN5O2. The summed E-state index contributed by atoms with van der Waals surface area (Å²) < 4.78 is 14.2. The Morgan fingerprint density at radius 2 is 2.10 bits per heavy atom. The number of nitrogens with zero attached hydrogens (tertiary/aromatic N) is 4. The molecule has 29 heavy (non-hydrogen) atoms. The van der Waals surface area contributed by atoms with Crippen molar-refractivity contribution in [3.63, 3.8) is 0 Å². The molecule has 152 valence electrons. The zero-order valence-electron chi connectivity index (χ0n) is 15.9. The Labute approximate surface area is 182 Å². The van der Waals surface area contributed by atoms with E-state index >= 15 is 0 Å². The van der Waals surface area contributed by atoms with Crippen molar-refractivity contribution in [3.8, 4) is 11.5 Å². The number of ether oxygens (including phenoxy) is 2. The molecule has 0 bridgehead atoms. The van der Waals surface area contributed by atoms with E-state index in [0.29, 0.717) is 48.8 Å². The topological polar surface area (TPSA) is 74.1 Å². The predicted octanol–water partition coefficient (Wildman–Crippen LogP) is 4.86. The number of nitrogens with one attached hydrogen (secondary N) is 1. The van der Waals surface area contributed by atoms with Crippen LogP contribution in [0.15, 0.2) is 53.5 Å². The van der Waals surface area contributed by atoms with Gasteiger partial charge in [0.15, 0.2) is 11.5 Å². The highest BCUT2D eigenvalue weighted by molar-refractivity contribution is 9.10. The Kier molecular flexibility index (Phi) is 7.48. The molecule has 0 amide bonds. The molecule has 3 rings (SSSR count). The maximum atomic E-state index is 6.23. The number of hydrogen-bond donors (Lipinski definition) is 1. The van der Waals surface area contributed by atoms with Gasteiger partial charge in [0, 0.05) is 17.1 Å². The van der Waals surface area contributed by atoms with Crippen molar-refractivity contribution >= 4 is 33.5 Å². The average molecular weight is 479 g/mol. The molecule has 0 aliphatic rings. The van der Waals surface area contributed by atoms with Crippen LogP contribution in [0.3, 0.4) is 0 Å². The zero-order valence-corrected chi connectivity index (χ0v) is 18.3. The molecule has 3 aromatic rings. The van der Waals surface area contributed by atoms with Crippen LogP contribution < -0.4 is 14.8 Å². The number of anilines is 1. The van der Waals surface area contributed by atoms with E-state index < -0.39 is 0 Å². The van der Waals surface area contributed by atoms with Crippen molar-refractivity contribution in [2.45, 2.75) is 26.6 Å². The van der Waals surface area contributed by atoms with E-state index in [1.165, 1.54) is 0 Å². The standard InChI is InChI=1S/C20H21BrClN5O2/c1-3-9-27-20(24-25-26-27)23-12-14-10-16(21)19(18(11-14)28-4-2)29-13-15-7-5-6-8-17(15)22/h3,5-8,10-11H,1,4,9,12-13H2,2H3,(H,23,24,26). The van der Waals surface area contributed by atoms with E-state index in [1.807, 2.05) is 43.3 Å². The summed E-state index contributed by atoms with van der Waals surface area (Å²) in [4.78, 5) is 0. The quantitative estimate of drug-likeness (QED) is 0.419. The summed E-state index contributed by atoms with van der Waals surface area (Å²) in [6.07, 6.45) is 1.73. The average Bonchev–Trinajstić information content (AvgIpc) is 3.15. The summed E-state index contributed by atoms with van der Waals surface area (Å²) in [5.74, 6) is 1.85. The van der Waals surface area contributed by atoms with Gasteiger partial charge in [-0.05, 0) is 57.0 Å². The molecule has 0 spiro atoms. The second-order valence-corrected chi connectivity index (χ2v) is 7.31. The highest BCUT2D eigenvalue weighted by atomic mass is 79.9. The fourth-order valence-corrected chi connectivity index (χ4v) is 3.44. The van der Waals surface area contributed by atoms with Crippen LogP contribution in [0.4, 0.5) is 5.95 Å². The number of rotatable bonds is 10.